The molecular weight excluding hydrogens is 304 g/mol. The van der Waals surface area contributed by atoms with Crippen LogP contribution in [-0.4, -0.2) is 60.1 Å². The molecule has 2 aliphatic heterocycles. The molecule has 2 aliphatic rings. The number of carbonyl (C=O) groups is 1. The predicted molar refractivity (Wildman–Crippen MR) is 93.3 cm³/mol. The number of hydrogen-bond donors (Lipinski definition) is 1. The number of nitrogens with zero attached hydrogens (tertiary/aromatic N) is 3. The van der Waals surface area contributed by atoms with Crippen LogP contribution in [0.5, 0.6) is 0 Å². The minimum Gasteiger partial charge on any atom is -0.384 e. The van der Waals surface area contributed by atoms with E-state index in [1.54, 1.807) is 13.3 Å². The lowest BCUT2D eigenvalue weighted by Gasteiger charge is -2.37. The number of hydrogen-bond acceptors (Lipinski definition) is 5. The molecule has 2 fully saturated rings. The molecule has 0 aliphatic carbocycles. The molecule has 2 N–H and O–H groups in total. The van der Waals surface area contributed by atoms with Gasteiger partial charge in [-0.3, -0.25) is 9.69 Å². The van der Waals surface area contributed by atoms with E-state index in [0.29, 0.717) is 17.8 Å². The highest BCUT2D eigenvalue weighted by atomic mass is 16.5. The van der Waals surface area contributed by atoms with Gasteiger partial charge in [0.15, 0.2) is 0 Å². The van der Waals surface area contributed by atoms with E-state index in [2.05, 4.69) is 9.88 Å². The Morgan fingerprint density at radius 2 is 1.96 bits per heavy atom. The van der Waals surface area contributed by atoms with Crippen molar-refractivity contribution in [3.05, 3.63) is 23.9 Å². The van der Waals surface area contributed by atoms with Gasteiger partial charge in [0.25, 0.3) is 0 Å². The maximum Gasteiger partial charge on any atom is 0.225 e. The SMILES string of the molecule is COC1CCN(C(=O)C2CCN(Cc3ccnc(N)c3)CC2)CC1. The van der Waals surface area contributed by atoms with Crippen LogP contribution in [0.15, 0.2) is 18.3 Å². The highest BCUT2D eigenvalue weighted by Gasteiger charge is 2.30. The topological polar surface area (TPSA) is 71.7 Å². The number of ether oxygens (including phenoxy) is 1. The van der Waals surface area contributed by atoms with Crippen LogP contribution in [-0.2, 0) is 16.1 Å². The number of methoxy groups -OCH3 is 1. The zero-order valence-electron chi connectivity index (χ0n) is 14.5. The molecule has 6 heteroatoms. The van der Waals surface area contributed by atoms with E-state index in [9.17, 15) is 4.79 Å². The van der Waals surface area contributed by atoms with Gasteiger partial charge in [-0.05, 0) is 56.5 Å². The van der Waals surface area contributed by atoms with E-state index < -0.39 is 0 Å². The first-order valence-corrected chi connectivity index (χ1v) is 8.90. The number of nitrogens with two attached hydrogens (primary N) is 1. The molecule has 0 unspecified atom stereocenters. The third kappa shape index (κ3) is 4.24. The molecule has 1 aromatic heterocycles. The van der Waals surface area contributed by atoms with Crippen molar-refractivity contribution in [2.75, 3.05) is 39.0 Å². The maximum absolute atomic E-state index is 12.7. The second kappa shape index (κ2) is 7.94. The van der Waals surface area contributed by atoms with Crippen LogP contribution in [0.25, 0.3) is 0 Å². The predicted octanol–water partition coefficient (Wildman–Crippen LogP) is 1.51. The van der Waals surface area contributed by atoms with Crippen molar-refractivity contribution >= 4 is 11.7 Å². The fourth-order valence-corrected chi connectivity index (χ4v) is 3.76. The van der Waals surface area contributed by atoms with Gasteiger partial charge in [-0.15, -0.1) is 0 Å². The summed E-state index contributed by atoms with van der Waals surface area (Å²) in [4.78, 5) is 21.2. The first kappa shape index (κ1) is 17.2. The van der Waals surface area contributed by atoms with E-state index in [0.717, 1.165) is 58.4 Å². The molecular formula is C18H28N4O2. The van der Waals surface area contributed by atoms with E-state index in [-0.39, 0.29) is 5.92 Å². The van der Waals surface area contributed by atoms with Gasteiger partial charge < -0.3 is 15.4 Å². The zero-order chi connectivity index (χ0) is 16.9. The van der Waals surface area contributed by atoms with Crippen molar-refractivity contribution in [1.82, 2.24) is 14.8 Å². The molecule has 0 atom stereocenters. The first-order chi connectivity index (χ1) is 11.7. The molecule has 3 rings (SSSR count). The fourth-order valence-electron chi connectivity index (χ4n) is 3.76. The molecule has 1 aromatic rings. The Hall–Kier alpha value is -1.66. The minimum absolute atomic E-state index is 0.183. The van der Waals surface area contributed by atoms with Gasteiger partial charge in [0.2, 0.25) is 5.91 Å². The minimum atomic E-state index is 0.183. The summed E-state index contributed by atoms with van der Waals surface area (Å²) in [6.45, 7) is 4.49. The molecule has 0 spiro atoms. The highest BCUT2D eigenvalue weighted by Crippen LogP contribution is 2.23. The standard InChI is InChI=1S/C18H28N4O2/c1-24-16-5-10-22(11-6-16)18(23)15-3-8-21(9-4-15)13-14-2-7-20-17(19)12-14/h2,7,12,15-16H,3-6,8-11,13H2,1H3,(H2,19,20). The van der Waals surface area contributed by atoms with Crippen LogP contribution >= 0.6 is 0 Å². The van der Waals surface area contributed by atoms with E-state index >= 15 is 0 Å². The van der Waals surface area contributed by atoms with Crippen molar-refractivity contribution in [2.24, 2.45) is 5.92 Å². The molecule has 1 amide bonds. The number of piperidine rings is 2. The Bertz CT molecular complexity index is 550. The Morgan fingerprint density at radius 1 is 1.25 bits per heavy atom. The van der Waals surface area contributed by atoms with Gasteiger partial charge >= 0.3 is 0 Å². The lowest BCUT2D eigenvalue weighted by Crippen LogP contribution is -2.46. The van der Waals surface area contributed by atoms with Crippen LogP contribution in [0.2, 0.25) is 0 Å². The number of pyridine rings is 1. The van der Waals surface area contributed by atoms with Crippen LogP contribution < -0.4 is 5.73 Å². The summed E-state index contributed by atoms with van der Waals surface area (Å²) in [6, 6.07) is 3.94. The van der Waals surface area contributed by atoms with Crippen LogP contribution in [0, 0.1) is 5.92 Å². The molecule has 132 valence electrons. The van der Waals surface area contributed by atoms with Crippen LogP contribution in [0.4, 0.5) is 5.82 Å². The summed E-state index contributed by atoms with van der Waals surface area (Å²) in [7, 11) is 1.76. The summed E-state index contributed by atoms with van der Waals surface area (Å²) in [5, 5.41) is 0. The maximum atomic E-state index is 12.7. The van der Waals surface area contributed by atoms with Crippen molar-refractivity contribution in [3.8, 4) is 0 Å². The summed E-state index contributed by atoms with van der Waals surface area (Å²) in [6.07, 6.45) is 5.90. The molecule has 0 bridgehead atoms. The van der Waals surface area contributed by atoms with Gasteiger partial charge in [0.05, 0.1) is 6.10 Å². The lowest BCUT2D eigenvalue weighted by molar-refractivity contribution is -0.139. The lowest BCUT2D eigenvalue weighted by atomic mass is 9.94. The number of amides is 1. The molecule has 0 radical (unpaired) electrons. The molecule has 24 heavy (non-hydrogen) atoms. The third-order valence-corrected chi connectivity index (χ3v) is 5.28. The average Bonchev–Trinajstić information content (AvgIpc) is 2.62. The normalized spacial score (nSPS) is 21.1. The van der Waals surface area contributed by atoms with Gasteiger partial charge in [0.1, 0.15) is 5.82 Å². The summed E-state index contributed by atoms with van der Waals surface area (Å²) in [5.41, 5.74) is 6.93. The summed E-state index contributed by atoms with van der Waals surface area (Å²) >= 11 is 0. The number of carbonyl (C=O) groups excluding carboxylic acids is 1. The number of anilines is 1. The molecule has 3 heterocycles. The molecule has 2 saturated heterocycles. The van der Waals surface area contributed by atoms with Crippen LogP contribution in [0.3, 0.4) is 0 Å². The second-order valence-electron chi connectivity index (χ2n) is 6.90. The molecule has 0 saturated carbocycles. The van der Waals surface area contributed by atoms with Gasteiger partial charge in [-0.2, -0.15) is 0 Å². The number of aromatic nitrogens is 1. The van der Waals surface area contributed by atoms with Crippen molar-refractivity contribution < 1.29 is 9.53 Å². The quantitative estimate of drug-likeness (QED) is 0.905. The van der Waals surface area contributed by atoms with Gasteiger partial charge in [0, 0.05) is 38.9 Å². The summed E-state index contributed by atoms with van der Waals surface area (Å²) < 4.78 is 5.39. The fraction of sp³-hybridized carbons (Fsp3) is 0.667. The van der Waals surface area contributed by atoms with Crippen molar-refractivity contribution in [2.45, 2.75) is 38.3 Å². The monoisotopic (exact) mass is 332 g/mol. The number of rotatable bonds is 4. The first-order valence-electron chi connectivity index (χ1n) is 8.90. The van der Waals surface area contributed by atoms with Gasteiger partial charge in [-0.25, -0.2) is 4.98 Å². The van der Waals surface area contributed by atoms with E-state index in [1.165, 1.54) is 5.56 Å². The van der Waals surface area contributed by atoms with E-state index in [1.807, 2.05) is 17.0 Å². The number of nitrogen functional groups attached to an aromatic ring is 1. The van der Waals surface area contributed by atoms with Crippen LogP contribution in [0.1, 0.15) is 31.2 Å². The Labute approximate surface area is 144 Å². The average molecular weight is 332 g/mol. The summed E-state index contributed by atoms with van der Waals surface area (Å²) in [5.74, 6) is 1.09. The van der Waals surface area contributed by atoms with Gasteiger partial charge in [-0.1, -0.05) is 0 Å². The van der Waals surface area contributed by atoms with Crippen molar-refractivity contribution in [3.63, 3.8) is 0 Å². The Balaban J connectivity index is 1.45. The zero-order valence-corrected chi connectivity index (χ0v) is 14.5. The third-order valence-electron chi connectivity index (χ3n) is 5.28. The Kier molecular flexibility index (Phi) is 5.68. The second-order valence-corrected chi connectivity index (χ2v) is 6.90. The molecule has 6 nitrogen and oxygen atoms in total. The molecule has 0 aromatic carbocycles. The van der Waals surface area contributed by atoms with Crippen molar-refractivity contribution in [1.29, 1.82) is 0 Å². The number of likely N-dealkylation sites (tertiary alicyclic amines) is 2. The largest absolute Gasteiger partial charge is 0.384 e. The highest BCUT2D eigenvalue weighted by molar-refractivity contribution is 5.79. The Morgan fingerprint density at radius 3 is 2.58 bits per heavy atom. The van der Waals surface area contributed by atoms with E-state index in [4.69, 9.17) is 10.5 Å². The smallest absolute Gasteiger partial charge is 0.225 e.